The van der Waals surface area contributed by atoms with Crippen molar-refractivity contribution in [3.63, 3.8) is 0 Å². The Hall–Kier alpha value is -2.91. The monoisotopic (exact) mass is 609 g/mol. The summed E-state index contributed by atoms with van der Waals surface area (Å²) in [6, 6.07) is 26.4. The number of carbonyl (C=O) groups is 1. The topological polar surface area (TPSA) is 80.0 Å². The molecule has 2 N–H and O–H groups in total. The van der Waals surface area contributed by atoms with E-state index < -0.39 is 26.6 Å². The molecule has 4 rings (SSSR count). The molecule has 1 aliphatic rings. The van der Waals surface area contributed by atoms with Crippen LogP contribution in [0.5, 0.6) is 5.75 Å². The second-order valence-corrected chi connectivity index (χ2v) is 15.8. The van der Waals surface area contributed by atoms with Crippen LogP contribution < -0.4 is 20.8 Å². The smallest absolute Gasteiger partial charge is 0.308 e. The van der Waals surface area contributed by atoms with Crippen molar-refractivity contribution < 1.29 is 23.4 Å². The molecular formula is C31H36BrNO5Si. The van der Waals surface area contributed by atoms with Crippen LogP contribution in [0, 0.1) is 0 Å². The zero-order chi connectivity index (χ0) is 28.0. The van der Waals surface area contributed by atoms with Gasteiger partial charge in [0.05, 0.1) is 30.7 Å². The number of esters is 1. The van der Waals surface area contributed by atoms with Crippen LogP contribution in [0.4, 0.5) is 5.69 Å². The van der Waals surface area contributed by atoms with E-state index in [1.807, 2.05) is 30.4 Å². The molecule has 0 bridgehead atoms. The van der Waals surface area contributed by atoms with Gasteiger partial charge in [-0.3, -0.25) is 4.79 Å². The Bertz CT molecular complexity index is 1240. The molecule has 0 saturated carbocycles. The van der Waals surface area contributed by atoms with Crippen LogP contribution in [0.25, 0.3) is 0 Å². The molecule has 0 aromatic heterocycles. The van der Waals surface area contributed by atoms with Gasteiger partial charge in [0.2, 0.25) is 0 Å². The number of anilines is 1. The number of rotatable bonds is 9. The van der Waals surface area contributed by atoms with E-state index in [2.05, 4.69) is 85.2 Å². The quantitative estimate of drug-likeness (QED) is 0.155. The number of carbonyl (C=O) groups excluding carboxylic acids is 1. The number of methoxy groups -OCH3 is 1. The third-order valence-corrected chi connectivity index (χ3v) is 12.6. The van der Waals surface area contributed by atoms with Crippen molar-refractivity contribution >= 4 is 46.3 Å². The molecule has 8 heteroatoms. The Morgan fingerprint density at radius 2 is 1.59 bits per heavy atom. The van der Waals surface area contributed by atoms with Gasteiger partial charge in [-0.1, -0.05) is 87.5 Å². The molecule has 0 aliphatic carbocycles. The Labute approximate surface area is 240 Å². The van der Waals surface area contributed by atoms with Crippen molar-refractivity contribution in [2.24, 2.45) is 0 Å². The molecule has 0 saturated heterocycles. The van der Waals surface area contributed by atoms with Gasteiger partial charge in [0, 0.05) is 5.69 Å². The molecule has 6 nitrogen and oxygen atoms in total. The van der Waals surface area contributed by atoms with E-state index in [1.54, 1.807) is 12.1 Å². The maximum absolute atomic E-state index is 12.0. The molecule has 206 valence electrons. The first-order valence-electron chi connectivity index (χ1n) is 13.0. The van der Waals surface area contributed by atoms with Crippen LogP contribution in [0.2, 0.25) is 5.04 Å². The molecule has 0 radical (unpaired) electrons. The highest BCUT2D eigenvalue weighted by Crippen LogP contribution is 2.37. The van der Waals surface area contributed by atoms with Crippen LogP contribution in [0.15, 0.2) is 95.5 Å². The normalized spacial score (nSPS) is 19.5. The van der Waals surface area contributed by atoms with E-state index in [0.29, 0.717) is 11.4 Å². The van der Waals surface area contributed by atoms with Crippen molar-refractivity contribution in [3.05, 3.63) is 95.5 Å². The summed E-state index contributed by atoms with van der Waals surface area (Å²) in [4.78, 5) is 12.0. The second kappa shape index (κ2) is 12.5. The maximum atomic E-state index is 12.0. The molecule has 0 fully saturated rings. The molecular weight excluding hydrogens is 574 g/mol. The van der Waals surface area contributed by atoms with E-state index in [4.69, 9.17) is 24.4 Å². The summed E-state index contributed by atoms with van der Waals surface area (Å²) in [6.45, 7) is 6.98. The summed E-state index contributed by atoms with van der Waals surface area (Å²) >= 11 is 3.55. The molecule has 1 heterocycles. The minimum Gasteiger partial charge on any atom is -0.482 e. The fraction of sp³-hybridized carbons (Fsp3) is 0.323. The summed E-state index contributed by atoms with van der Waals surface area (Å²) in [5.41, 5.74) is 6.56. The zero-order valence-electron chi connectivity index (χ0n) is 22.8. The van der Waals surface area contributed by atoms with E-state index in [9.17, 15) is 4.79 Å². The molecule has 3 atom stereocenters. The average molecular weight is 611 g/mol. The summed E-state index contributed by atoms with van der Waals surface area (Å²) in [7, 11) is -1.43. The number of ether oxygens (including phenoxy) is 3. The van der Waals surface area contributed by atoms with Gasteiger partial charge >= 0.3 is 5.97 Å². The Kier molecular flexibility index (Phi) is 9.33. The summed E-state index contributed by atoms with van der Waals surface area (Å²) in [5, 5.41) is 2.17. The summed E-state index contributed by atoms with van der Waals surface area (Å²) in [6.07, 6.45) is 2.54. The van der Waals surface area contributed by atoms with Crippen LogP contribution in [0.3, 0.4) is 0 Å². The highest BCUT2D eigenvalue weighted by Gasteiger charge is 2.51. The molecule has 3 aromatic carbocycles. The van der Waals surface area contributed by atoms with Crippen LogP contribution in [-0.4, -0.2) is 46.3 Å². The molecule has 3 aromatic rings. The standard InChI is InChI=1S/C31H36BrNO5Si/c1-31(2,3)39(24-11-7-5-8-12-24,25-13-9-6-10-14-25)36-21-29-28(18-16-23(37-29)20-30(34)35-4)38-27-17-15-22(33)19-26(27)32/h5-19,23,28-29H,20-21,33H2,1-4H3/t23-,28+,29-/m1/s1. The van der Waals surface area contributed by atoms with E-state index in [0.717, 1.165) is 4.47 Å². The van der Waals surface area contributed by atoms with Crippen LogP contribution in [0.1, 0.15) is 27.2 Å². The molecule has 0 amide bonds. The summed E-state index contributed by atoms with van der Waals surface area (Å²) in [5.74, 6) is 0.307. The largest absolute Gasteiger partial charge is 0.482 e. The van der Waals surface area contributed by atoms with Gasteiger partial charge in [0.25, 0.3) is 8.32 Å². The fourth-order valence-corrected chi connectivity index (χ4v) is 10.1. The zero-order valence-corrected chi connectivity index (χ0v) is 25.4. The van der Waals surface area contributed by atoms with Gasteiger partial charge in [0.1, 0.15) is 18.0 Å². The first kappa shape index (κ1) is 29.1. The molecule has 1 aliphatic heterocycles. The van der Waals surface area contributed by atoms with Gasteiger partial charge in [-0.15, -0.1) is 0 Å². The average Bonchev–Trinajstić information content (AvgIpc) is 2.92. The third-order valence-electron chi connectivity index (χ3n) is 6.93. The number of benzene rings is 3. The number of nitrogen functional groups attached to an aromatic ring is 1. The van der Waals surface area contributed by atoms with Crippen LogP contribution >= 0.6 is 15.9 Å². The number of hydrogen-bond acceptors (Lipinski definition) is 6. The number of hydrogen-bond donors (Lipinski definition) is 1. The predicted molar refractivity (Wildman–Crippen MR) is 161 cm³/mol. The van der Waals surface area contributed by atoms with Gasteiger partial charge in [-0.25, -0.2) is 0 Å². The third kappa shape index (κ3) is 6.63. The van der Waals surface area contributed by atoms with Gasteiger partial charge < -0.3 is 24.4 Å². The van der Waals surface area contributed by atoms with Crippen molar-refractivity contribution in [2.75, 3.05) is 19.5 Å². The van der Waals surface area contributed by atoms with Crippen molar-refractivity contribution in [2.45, 2.75) is 50.5 Å². The van der Waals surface area contributed by atoms with E-state index in [1.165, 1.54) is 17.5 Å². The molecule has 0 spiro atoms. The minimum atomic E-state index is -2.81. The SMILES string of the molecule is COC(=O)C[C@H]1C=C[C@H](Oc2ccc(N)cc2Br)[C@@H](CO[Si](c2ccccc2)(c2ccccc2)C(C)(C)C)O1. The lowest BCUT2D eigenvalue weighted by Crippen LogP contribution is -2.67. The van der Waals surface area contributed by atoms with Crippen molar-refractivity contribution in [1.82, 2.24) is 0 Å². The maximum Gasteiger partial charge on any atom is 0.308 e. The van der Waals surface area contributed by atoms with Crippen LogP contribution in [-0.2, 0) is 18.7 Å². The first-order chi connectivity index (χ1) is 18.6. The van der Waals surface area contributed by atoms with Gasteiger partial charge in [-0.05, 0) is 55.6 Å². The summed E-state index contributed by atoms with van der Waals surface area (Å²) < 4.78 is 25.6. The van der Waals surface area contributed by atoms with Crippen molar-refractivity contribution in [3.8, 4) is 5.75 Å². The highest BCUT2D eigenvalue weighted by atomic mass is 79.9. The second-order valence-electron chi connectivity index (χ2n) is 10.6. The van der Waals surface area contributed by atoms with E-state index in [-0.39, 0.29) is 24.0 Å². The highest BCUT2D eigenvalue weighted by molar-refractivity contribution is 9.10. The molecule has 39 heavy (non-hydrogen) atoms. The van der Waals surface area contributed by atoms with Gasteiger partial charge in [0.15, 0.2) is 0 Å². The lowest BCUT2D eigenvalue weighted by molar-refractivity contribution is -0.145. The minimum absolute atomic E-state index is 0.112. The lowest BCUT2D eigenvalue weighted by Gasteiger charge is -2.44. The lowest BCUT2D eigenvalue weighted by atomic mass is 10.1. The Morgan fingerprint density at radius 1 is 0.974 bits per heavy atom. The first-order valence-corrected chi connectivity index (χ1v) is 15.7. The number of nitrogens with two attached hydrogens (primary N) is 1. The molecule has 0 unspecified atom stereocenters. The Morgan fingerprint density at radius 3 is 2.13 bits per heavy atom. The Balaban J connectivity index is 1.70. The van der Waals surface area contributed by atoms with E-state index >= 15 is 0 Å². The van der Waals surface area contributed by atoms with Crippen molar-refractivity contribution in [1.29, 1.82) is 0 Å². The van der Waals surface area contributed by atoms with Gasteiger partial charge in [-0.2, -0.15) is 0 Å². The fourth-order valence-electron chi connectivity index (χ4n) is 5.05. The predicted octanol–water partition coefficient (Wildman–Crippen LogP) is 5.24. The number of halogens is 1.